The quantitative estimate of drug-likeness (QED) is 0.400. The molecule has 2 rings (SSSR count). The van der Waals surface area contributed by atoms with Crippen LogP contribution in [-0.2, 0) is 4.79 Å². The highest BCUT2D eigenvalue weighted by atomic mass is 16.6. The maximum absolute atomic E-state index is 12.1. The molecule has 0 aromatic heterocycles. The Balaban J connectivity index is 1.65. The third-order valence-corrected chi connectivity index (χ3v) is 4.49. The van der Waals surface area contributed by atoms with Crippen molar-refractivity contribution in [3.05, 3.63) is 39.9 Å². The number of unbranched alkanes of at least 4 members (excludes halogenated alkanes) is 5. The number of hydrogen-bond donors (Lipinski definition) is 1. The average Bonchev–Trinajstić information content (AvgIpc) is 3.34. The molecule has 0 heterocycles. The Morgan fingerprint density at radius 2 is 1.83 bits per heavy atom. The Kier molecular flexibility index (Phi) is 6.56. The van der Waals surface area contributed by atoms with E-state index in [0.717, 1.165) is 24.9 Å². The van der Waals surface area contributed by atoms with Crippen molar-refractivity contribution in [1.29, 1.82) is 0 Å². The third kappa shape index (κ3) is 5.34. The first-order valence-corrected chi connectivity index (χ1v) is 8.65. The van der Waals surface area contributed by atoms with Crippen molar-refractivity contribution in [3.63, 3.8) is 0 Å². The van der Waals surface area contributed by atoms with Gasteiger partial charge in [0, 0.05) is 24.6 Å². The van der Waals surface area contributed by atoms with Crippen LogP contribution >= 0.6 is 0 Å². The second-order valence-corrected chi connectivity index (χ2v) is 6.36. The minimum atomic E-state index is -0.401. The average molecular weight is 318 g/mol. The second-order valence-electron chi connectivity index (χ2n) is 6.36. The summed E-state index contributed by atoms with van der Waals surface area (Å²) in [5.41, 5.74) is 1.12. The summed E-state index contributed by atoms with van der Waals surface area (Å²) in [6.07, 6.45) is 8.16. The molecule has 2 unspecified atom stereocenters. The highest BCUT2D eigenvalue weighted by Crippen LogP contribution is 2.47. The van der Waals surface area contributed by atoms with Crippen molar-refractivity contribution in [2.75, 3.05) is 6.54 Å². The Hall–Kier alpha value is -1.91. The summed E-state index contributed by atoms with van der Waals surface area (Å²) in [7, 11) is 0. The van der Waals surface area contributed by atoms with Gasteiger partial charge in [-0.05, 0) is 24.3 Å². The SMILES string of the molecule is CCCCCCCCNC(=O)C1CC1c1ccc([N+](=O)[O-])cc1. The van der Waals surface area contributed by atoms with E-state index in [1.807, 2.05) is 0 Å². The van der Waals surface area contributed by atoms with E-state index in [1.165, 1.54) is 44.2 Å². The highest BCUT2D eigenvalue weighted by molar-refractivity contribution is 5.82. The van der Waals surface area contributed by atoms with Crippen LogP contribution in [0.25, 0.3) is 0 Å². The van der Waals surface area contributed by atoms with Crippen LogP contribution in [-0.4, -0.2) is 17.4 Å². The lowest BCUT2D eigenvalue weighted by molar-refractivity contribution is -0.384. The Labute approximate surface area is 137 Å². The maximum atomic E-state index is 12.1. The number of amides is 1. The summed E-state index contributed by atoms with van der Waals surface area (Å²) in [5.74, 6) is 0.388. The molecule has 0 bridgehead atoms. The van der Waals surface area contributed by atoms with Crippen LogP contribution in [0.4, 0.5) is 5.69 Å². The van der Waals surface area contributed by atoms with Crippen LogP contribution in [0, 0.1) is 16.0 Å². The first-order valence-electron chi connectivity index (χ1n) is 8.65. The monoisotopic (exact) mass is 318 g/mol. The van der Waals surface area contributed by atoms with E-state index >= 15 is 0 Å². The number of benzene rings is 1. The first kappa shape index (κ1) is 17.4. The van der Waals surface area contributed by atoms with Gasteiger partial charge in [-0.25, -0.2) is 0 Å². The molecular weight excluding hydrogens is 292 g/mol. The molecule has 1 fully saturated rings. The molecule has 1 saturated carbocycles. The molecule has 0 aliphatic heterocycles. The van der Waals surface area contributed by atoms with Crippen LogP contribution < -0.4 is 5.32 Å². The van der Waals surface area contributed by atoms with E-state index in [9.17, 15) is 14.9 Å². The van der Waals surface area contributed by atoms with Crippen LogP contribution in [0.2, 0.25) is 0 Å². The molecule has 0 spiro atoms. The summed E-state index contributed by atoms with van der Waals surface area (Å²) in [4.78, 5) is 22.3. The zero-order valence-corrected chi connectivity index (χ0v) is 13.8. The topological polar surface area (TPSA) is 72.2 Å². The molecule has 0 saturated heterocycles. The van der Waals surface area contributed by atoms with E-state index < -0.39 is 4.92 Å². The van der Waals surface area contributed by atoms with Crippen LogP contribution in [0.1, 0.15) is 63.4 Å². The zero-order chi connectivity index (χ0) is 16.7. The fourth-order valence-electron chi connectivity index (χ4n) is 2.94. The standard InChI is InChI=1S/C18H26N2O3/c1-2-3-4-5-6-7-12-19-18(21)17-13-16(17)14-8-10-15(11-9-14)20(22)23/h8-11,16-17H,2-7,12-13H2,1H3,(H,19,21). The van der Waals surface area contributed by atoms with Gasteiger partial charge in [-0.3, -0.25) is 14.9 Å². The predicted molar refractivity (Wildman–Crippen MR) is 90.3 cm³/mol. The molecule has 1 amide bonds. The van der Waals surface area contributed by atoms with Crippen molar-refractivity contribution < 1.29 is 9.72 Å². The smallest absolute Gasteiger partial charge is 0.269 e. The largest absolute Gasteiger partial charge is 0.356 e. The van der Waals surface area contributed by atoms with Crippen molar-refractivity contribution in [2.24, 2.45) is 5.92 Å². The Morgan fingerprint density at radius 1 is 1.17 bits per heavy atom. The fraction of sp³-hybridized carbons (Fsp3) is 0.611. The lowest BCUT2D eigenvalue weighted by atomic mass is 10.1. The molecule has 1 aromatic carbocycles. The highest BCUT2D eigenvalue weighted by Gasteiger charge is 2.43. The molecule has 1 N–H and O–H groups in total. The Bertz CT molecular complexity index is 528. The number of carbonyl (C=O) groups excluding carboxylic acids is 1. The number of non-ortho nitro benzene ring substituents is 1. The van der Waals surface area contributed by atoms with Crippen LogP contribution in [0.15, 0.2) is 24.3 Å². The van der Waals surface area contributed by atoms with Crippen LogP contribution in [0.5, 0.6) is 0 Å². The van der Waals surface area contributed by atoms with Crippen molar-refractivity contribution in [2.45, 2.75) is 57.8 Å². The van der Waals surface area contributed by atoms with Gasteiger partial charge in [-0.1, -0.05) is 51.2 Å². The van der Waals surface area contributed by atoms with Crippen LogP contribution in [0.3, 0.4) is 0 Å². The lowest BCUT2D eigenvalue weighted by Crippen LogP contribution is -2.26. The van der Waals surface area contributed by atoms with E-state index in [-0.39, 0.29) is 23.4 Å². The minimum absolute atomic E-state index is 0.0385. The molecule has 1 aromatic rings. The fourth-order valence-corrected chi connectivity index (χ4v) is 2.94. The normalized spacial score (nSPS) is 19.3. The molecule has 126 valence electrons. The molecule has 1 aliphatic carbocycles. The van der Waals surface area contributed by atoms with Gasteiger partial charge in [-0.15, -0.1) is 0 Å². The van der Waals surface area contributed by atoms with Gasteiger partial charge >= 0.3 is 0 Å². The number of nitro groups is 1. The van der Waals surface area contributed by atoms with E-state index in [1.54, 1.807) is 12.1 Å². The maximum Gasteiger partial charge on any atom is 0.269 e. The minimum Gasteiger partial charge on any atom is -0.356 e. The van der Waals surface area contributed by atoms with E-state index in [0.29, 0.717) is 0 Å². The molecular formula is C18H26N2O3. The molecule has 5 heteroatoms. The lowest BCUT2D eigenvalue weighted by Gasteiger charge is -2.05. The van der Waals surface area contributed by atoms with E-state index in [2.05, 4.69) is 12.2 Å². The molecule has 2 atom stereocenters. The summed E-state index contributed by atoms with van der Waals surface area (Å²) in [6.45, 7) is 2.96. The number of nitrogens with one attached hydrogen (secondary N) is 1. The Morgan fingerprint density at radius 3 is 2.48 bits per heavy atom. The summed E-state index contributed by atoms with van der Waals surface area (Å²) in [6, 6.07) is 6.56. The number of rotatable bonds is 10. The summed E-state index contributed by atoms with van der Waals surface area (Å²) < 4.78 is 0. The van der Waals surface area contributed by atoms with Gasteiger partial charge in [0.05, 0.1) is 4.92 Å². The summed E-state index contributed by atoms with van der Waals surface area (Å²) in [5, 5.41) is 13.7. The van der Waals surface area contributed by atoms with Crippen molar-refractivity contribution in [3.8, 4) is 0 Å². The molecule has 23 heavy (non-hydrogen) atoms. The second kappa shape index (κ2) is 8.65. The predicted octanol–water partition coefficient (Wildman–Crippen LogP) is 4.18. The van der Waals surface area contributed by atoms with Gasteiger partial charge in [0.1, 0.15) is 0 Å². The van der Waals surface area contributed by atoms with Crippen molar-refractivity contribution >= 4 is 11.6 Å². The zero-order valence-electron chi connectivity index (χ0n) is 13.8. The van der Waals surface area contributed by atoms with Gasteiger partial charge < -0.3 is 5.32 Å². The molecule has 5 nitrogen and oxygen atoms in total. The number of nitro benzene ring substituents is 1. The number of nitrogens with zero attached hydrogens (tertiary/aromatic N) is 1. The third-order valence-electron chi connectivity index (χ3n) is 4.49. The van der Waals surface area contributed by atoms with Gasteiger partial charge in [-0.2, -0.15) is 0 Å². The van der Waals surface area contributed by atoms with E-state index in [4.69, 9.17) is 0 Å². The molecule has 0 radical (unpaired) electrons. The number of hydrogen-bond acceptors (Lipinski definition) is 3. The first-order chi connectivity index (χ1) is 11.1. The van der Waals surface area contributed by atoms with Gasteiger partial charge in [0.2, 0.25) is 5.91 Å². The summed E-state index contributed by atoms with van der Waals surface area (Å²) >= 11 is 0. The molecule has 1 aliphatic rings. The van der Waals surface area contributed by atoms with Gasteiger partial charge in [0.25, 0.3) is 5.69 Å². The van der Waals surface area contributed by atoms with Crippen molar-refractivity contribution in [1.82, 2.24) is 5.32 Å². The van der Waals surface area contributed by atoms with Gasteiger partial charge in [0.15, 0.2) is 0 Å². The number of carbonyl (C=O) groups is 1.